The molecular weight excluding hydrogens is 371 g/mol. The van der Waals surface area contributed by atoms with Gasteiger partial charge >= 0.3 is 0 Å². The van der Waals surface area contributed by atoms with Crippen molar-refractivity contribution in [1.29, 1.82) is 0 Å². The third-order valence-corrected chi connectivity index (χ3v) is 12.8. The number of aromatic nitrogens is 1. The van der Waals surface area contributed by atoms with Crippen LogP contribution in [0.5, 0.6) is 0 Å². The molecule has 0 bridgehead atoms. The Morgan fingerprint density at radius 2 is 1.54 bits per heavy atom. The molecule has 0 aliphatic heterocycles. The van der Waals surface area contributed by atoms with Crippen molar-refractivity contribution in [1.82, 2.24) is 4.57 Å². The molecular formula is C18H25N2PS3. The van der Waals surface area contributed by atoms with Crippen LogP contribution >= 0.6 is 27.4 Å². The van der Waals surface area contributed by atoms with E-state index in [0.717, 1.165) is 12.0 Å². The van der Waals surface area contributed by atoms with Crippen LogP contribution in [0.3, 0.4) is 0 Å². The molecule has 2 rings (SSSR count). The van der Waals surface area contributed by atoms with Gasteiger partial charge in [-0.15, -0.1) is 0 Å². The largest absolute Gasteiger partial charge is 0.329 e. The van der Waals surface area contributed by atoms with Gasteiger partial charge in [0, 0.05) is 23.2 Å². The minimum absolute atomic E-state index is 0.483. The topological polar surface area (TPSA) is 17.3 Å². The van der Waals surface area contributed by atoms with Gasteiger partial charge in [-0.3, -0.25) is 0 Å². The van der Waals surface area contributed by atoms with E-state index in [-0.39, 0.29) is 0 Å². The number of rotatable bonds is 7. The van der Waals surface area contributed by atoms with Gasteiger partial charge in [-0.05, 0) is 29.5 Å². The average molecular weight is 397 g/mol. The van der Waals surface area contributed by atoms with Crippen molar-refractivity contribution in [2.24, 2.45) is 4.76 Å². The molecule has 24 heavy (non-hydrogen) atoms. The van der Waals surface area contributed by atoms with Gasteiger partial charge in [0.2, 0.25) is 0 Å². The van der Waals surface area contributed by atoms with E-state index in [1.807, 2.05) is 34.9 Å². The molecule has 0 aliphatic carbocycles. The Morgan fingerprint density at radius 1 is 0.958 bits per heavy atom. The van der Waals surface area contributed by atoms with Crippen LogP contribution in [0.1, 0.15) is 33.3 Å². The molecule has 2 nitrogen and oxygen atoms in total. The number of pyridine rings is 1. The number of benzene rings is 1. The molecule has 0 spiro atoms. The molecule has 2 aromatic rings. The third kappa shape index (κ3) is 6.44. The third-order valence-electron chi connectivity index (χ3n) is 3.03. The van der Waals surface area contributed by atoms with Crippen LogP contribution in [-0.2, 0) is 18.4 Å². The molecule has 0 saturated carbocycles. The Kier molecular flexibility index (Phi) is 7.67. The summed E-state index contributed by atoms with van der Waals surface area (Å²) in [5.41, 5.74) is 2.25. The number of nitrogens with zero attached hydrogens (tertiary/aromatic N) is 2. The van der Waals surface area contributed by atoms with Crippen molar-refractivity contribution in [2.75, 3.05) is 0 Å². The fourth-order valence-corrected chi connectivity index (χ4v) is 14.9. The highest BCUT2D eigenvalue weighted by Gasteiger charge is 2.21. The van der Waals surface area contributed by atoms with Gasteiger partial charge in [0.05, 0.1) is 0 Å². The van der Waals surface area contributed by atoms with Gasteiger partial charge in [0.15, 0.2) is 4.59 Å². The average Bonchev–Trinajstić information content (AvgIpc) is 2.48. The summed E-state index contributed by atoms with van der Waals surface area (Å²) in [5, 5.41) is 0.967. The lowest BCUT2D eigenvalue weighted by atomic mass is 10.2. The van der Waals surface area contributed by atoms with E-state index in [1.165, 1.54) is 5.56 Å². The molecule has 0 aliphatic rings. The summed E-state index contributed by atoms with van der Waals surface area (Å²) in [4.78, 5) is 0. The monoisotopic (exact) mass is 396 g/mol. The van der Waals surface area contributed by atoms with E-state index >= 15 is 0 Å². The minimum atomic E-state index is -1.91. The summed E-state index contributed by atoms with van der Waals surface area (Å²) < 4.78 is 5.36. The normalized spacial score (nSPS) is 13.0. The summed E-state index contributed by atoms with van der Waals surface area (Å²) in [6, 6.07) is 16.6. The lowest BCUT2D eigenvalue weighted by molar-refractivity contribution is 0.748. The fourth-order valence-electron chi connectivity index (χ4n) is 2.20. The van der Waals surface area contributed by atoms with Gasteiger partial charge in [-0.25, -0.2) is 4.76 Å². The maximum Gasteiger partial charge on any atom is 0.164 e. The Labute approximate surface area is 158 Å². The summed E-state index contributed by atoms with van der Waals surface area (Å²) in [7, 11) is 0. The van der Waals surface area contributed by atoms with E-state index in [4.69, 9.17) is 16.6 Å². The summed E-state index contributed by atoms with van der Waals surface area (Å²) in [6.45, 7) is 9.61. The van der Waals surface area contributed by atoms with Gasteiger partial charge in [-0.2, -0.15) is 0 Å². The number of hydrogen-bond acceptors (Lipinski definition) is 3. The highest BCUT2D eigenvalue weighted by molar-refractivity contribution is 9.00. The standard InChI is InChI=1S/C18H25N2PS3/c1-15(2)23-21(22,24-16(3)4)19-18-12-8-9-13-20(18)14-17-10-6-5-7-11-17/h5-13,15-16H,14H2,1-4H3/b19-18+. The Morgan fingerprint density at radius 3 is 2.12 bits per heavy atom. The van der Waals surface area contributed by atoms with E-state index in [0.29, 0.717) is 10.5 Å². The maximum atomic E-state index is 6.02. The smallest absolute Gasteiger partial charge is 0.164 e. The zero-order valence-corrected chi connectivity index (χ0v) is 18.0. The Balaban J connectivity index is 2.41. The second-order valence-corrected chi connectivity index (χ2v) is 17.6. The fraction of sp³-hybridized carbons (Fsp3) is 0.389. The molecule has 1 aromatic heterocycles. The van der Waals surface area contributed by atoms with Crippen molar-refractivity contribution in [3.05, 3.63) is 65.8 Å². The second kappa shape index (κ2) is 9.28. The molecule has 1 heterocycles. The maximum absolute atomic E-state index is 6.02. The Bertz CT molecular complexity index is 740. The van der Waals surface area contributed by atoms with Crippen molar-refractivity contribution < 1.29 is 0 Å². The lowest BCUT2D eigenvalue weighted by Gasteiger charge is -2.20. The second-order valence-electron chi connectivity index (χ2n) is 6.05. The SMILES string of the molecule is CC(C)SP(=S)(/N=c1\ccccn1Cc1ccccc1)SC(C)C. The minimum Gasteiger partial charge on any atom is -0.329 e. The zero-order valence-electron chi connectivity index (χ0n) is 14.6. The first-order valence-corrected chi connectivity index (χ1v) is 13.8. The molecule has 0 unspecified atom stereocenters. The molecule has 0 amide bonds. The highest BCUT2D eigenvalue weighted by Crippen LogP contribution is 2.72. The lowest BCUT2D eigenvalue weighted by Crippen LogP contribution is -2.20. The van der Waals surface area contributed by atoms with E-state index in [9.17, 15) is 0 Å². The molecule has 0 saturated heterocycles. The van der Waals surface area contributed by atoms with Crippen molar-refractivity contribution >= 4 is 39.2 Å². The number of hydrogen-bond donors (Lipinski definition) is 0. The highest BCUT2D eigenvalue weighted by atomic mass is 33.2. The quantitative estimate of drug-likeness (QED) is 0.539. The van der Waals surface area contributed by atoms with Crippen LogP contribution < -0.4 is 5.49 Å². The first-order chi connectivity index (χ1) is 11.4. The zero-order chi connectivity index (χ0) is 17.6. The summed E-state index contributed by atoms with van der Waals surface area (Å²) >= 11 is 9.72. The van der Waals surface area contributed by atoms with Crippen LogP contribution in [0.15, 0.2) is 59.5 Å². The summed E-state index contributed by atoms with van der Waals surface area (Å²) in [6.07, 6.45) is 2.09. The van der Waals surface area contributed by atoms with Gasteiger partial charge < -0.3 is 4.57 Å². The van der Waals surface area contributed by atoms with Crippen LogP contribution in [0.4, 0.5) is 0 Å². The molecule has 0 N–H and O–H groups in total. The van der Waals surface area contributed by atoms with Gasteiger partial charge in [-0.1, -0.05) is 86.9 Å². The van der Waals surface area contributed by atoms with Gasteiger partial charge in [0.1, 0.15) is 5.49 Å². The van der Waals surface area contributed by atoms with E-state index in [2.05, 4.69) is 74.9 Å². The van der Waals surface area contributed by atoms with Crippen LogP contribution in [0.25, 0.3) is 0 Å². The molecule has 130 valence electrons. The van der Waals surface area contributed by atoms with E-state index in [1.54, 1.807) is 0 Å². The molecule has 1 aromatic carbocycles. The van der Waals surface area contributed by atoms with Crippen molar-refractivity contribution in [3.63, 3.8) is 0 Å². The van der Waals surface area contributed by atoms with Crippen LogP contribution in [0, 0.1) is 0 Å². The molecule has 0 radical (unpaired) electrons. The predicted molar refractivity (Wildman–Crippen MR) is 115 cm³/mol. The molecule has 0 atom stereocenters. The molecule has 0 fully saturated rings. The van der Waals surface area contributed by atoms with Crippen molar-refractivity contribution in [3.8, 4) is 0 Å². The van der Waals surface area contributed by atoms with Crippen LogP contribution in [-0.4, -0.2) is 15.1 Å². The first kappa shape index (κ1) is 19.8. The Hall–Kier alpha value is -0.480. The van der Waals surface area contributed by atoms with E-state index < -0.39 is 4.59 Å². The van der Waals surface area contributed by atoms with Crippen molar-refractivity contribution in [2.45, 2.75) is 44.7 Å². The van der Waals surface area contributed by atoms with Crippen LogP contribution in [0.2, 0.25) is 0 Å². The molecule has 6 heteroatoms. The summed E-state index contributed by atoms with van der Waals surface area (Å²) in [5.74, 6) is 0. The first-order valence-electron chi connectivity index (χ1n) is 8.10. The predicted octanol–water partition coefficient (Wildman–Crippen LogP) is 5.94. The van der Waals surface area contributed by atoms with Gasteiger partial charge in [0.25, 0.3) is 0 Å².